The molecule has 0 aliphatic carbocycles. The Labute approximate surface area is 220 Å². The van der Waals surface area contributed by atoms with Crippen LogP contribution in [0.2, 0.25) is 0 Å². The number of halogens is 3. The van der Waals surface area contributed by atoms with Crippen LogP contribution >= 0.6 is 0 Å². The van der Waals surface area contributed by atoms with Gasteiger partial charge in [-0.1, -0.05) is 42.5 Å². The van der Waals surface area contributed by atoms with Crippen molar-refractivity contribution in [1.29, 1.82) is 0 Å². The van der Waals surface area contributed by atoms with Gasteiger partial charge in [0.15, 0.2) is 11.4 Å². The first-order chi connectivity index (χ1) is 18.7. The van der Waals surface area contributed by atoms with Crippen LogP contribution in [0.1, 0.15) is 44.9 Å². The van der Waals surface area contributed by atoms with Gasteiger partial charge in [-0.05, 0) is 12.5 Å². The lowest BCUT2D eigenvalue weighted by molar-refractivity contribution is 0.0530. The third kappa shape index (κ3) is 4.92. The highest BCUT2D eigenvalue weighted by atomic mass is 19.1. The van der Waals surface area contributed by atoms with Gasteiger partial charge in [0.05, 0.1) is 12.1 Å². The second-order valence-corrected chi connectivity index (χ2v) is 9.40. The molecule has 5 rings (SSSR count). The van der Waals surface area contributed by atoms with Gasteiger partial charge in [-0.25, -0.2) is 13.2 Å². The maximum absolute atomic E-state index is 14.1. The van der Waals surface area contributed by atoms with E-state index >= 15 is 0 Å². The molecule has 0 unspecified atom stereocenters. The maximum Gasteiger partial charge on any atom is 0.275 e. The molecule has 2 aromatic carbocycles. The summed E-state index contributed by atoms with van der Waals surface area (Å²) in [6.45, 7) is 1.12. The summed E-state index contributed by atoms with van der Waals surface area (Å²) in [5.74, 6) is -5.40. The van der Waals surface area contributed by atoms with E-state index in [1.54, 1.807) is 49.4 Å². The molecule has 3 atom stereocenters. The van der Waals surface area contributed by atoms with Gasteiger partial charge in [0.1, 0.15) is 29.6 Å². The average Bonchev–Trinajstić information content (AvgIpc) is 3.03. The first kappa shape index (κ1) is 26.2. The Bertz CT molecular complexity index is 1520. The minimum atomic E-state index is -1.20. The van der Waals surface area contributed by atoms with Gasteiger partial charge in [0.2, 0.25) is 5.43 Å². The number of ether oxygens (including phenoxy) is 1. The van der Waals surface area contributed by atoms with Crippen LogP contribution in [-0.4, -0.2) is 45.1 Å². The number of carbonyl (C=O) groups excluding carboxylic acids is 2. The molecule has 3 heterocycles. The summed E-state index contributed by atoms with van der Waals surface area (Å²) in [7, 11) is 0. The van der Waals surface area contributed by atoms with Crippen molar-refractivity contribution in [2.75, 3.05) is 6.54 Å². The van der Waals surface area contributed by atoms with E-state index in [1.807, 2.05) is 0 Å². The highest BCUT2D eigenvalue weighted by Gasteiger charge is 2.41. The molecule has 39 heavy (non-hydrogen) atoms. The number of carbonyl (C=O) groups is 2. The van der Waals surface area contributed by atoms with E-state index in [0.29, 0.717) is 17.7 Å². The van der Waals surface area contributed by atoms with Gasteiger partial charge in [-0.15, -0.1) is 0 Å². The number of amides is 2. The second kappa shape index (κ2) is 10.4. The lowest BCUT2D eigenvalue weighted by Crippen LogP contribution is -2.49. The summed E-state index contributed by atoms with van der Waals surface area (Å²) >= 11 is 0. The van der Waals surface area contributed by atoms with Crippen LogP contribution in [0.5, 0.6) is 5.75 Å². The smallest absolute Gasteiger partial charge is 0.275 e. The fourth-order valence-electron chi connectivity index (χ4n) is 4.75. The van der Waals surface area contributed by atoms with Gasteiger partial charge in [-0.2, -0.15) is 0 Å². The number of fused-ring (bicyclic) bond motifs is 4. The van der Waals surface area contributed by atoms with Crippen LogP contribution in [0.15, 0.2) is 65.6 Å². The number of nitrogens with zero attached hydrogens (tertiary/aromatic N) is 2. The van der Waals surface area contributed by atoms with E-state index in [0.717, 1.165) is 6.20 Å². The zero-order valence-corrected chi connectivity index (χ0v) is 20.7. The lowest BCUT2D eigenvalue weighted by atomic mass is 10.0. The summed E-state index contributed by atoms with van der Waals surface area (Å²) in [4.78, 5) is 41.7. The minimum absolute atomic E-state index is 0.0888. The topological polar surface area (TPSA) is 101 Å². The number of aliphatic hydroxyl groups is 1. The largest absolute Gasteiger partial charge is 0.483 e. The molecule has 2 N–H and O–H groups in total. The molecule has 0 fully saturated rings. The van der Waals surface area contributed by atoms with Crippen molar-refractivity contribution in [3.05, 3.63) is 111 Å². The number of rotatable bonds is 6. The normalized spacial score (nSPS) is 19.9. The van der Waals surface area contributed by atoms with Crippen molar-refractivity contribution in [1.82, 2.24) is 14.8 Å². The summed E-state index contributed by atoms with van der Waals surface area (Å²) in [6.07, 6.45) is 3.32. The zero-order valence-electron chi connectivity index (χ0n) is 20.7. The van der Waals surface area contributed by atoms with Crippen LogP contribution in [0.25, 0.3) is 0 Å². The van der Waals surface area contributed by atoms with E-state index in [1.165, 1.54) is 9.47 Å². The Morgan fingerprint density at radius 1 is 1.10 bits per heavy atom. The van der Waals surface area contributed by atoms with Crippen LogP contribution in [0.3, 0.4) is 0 Å². The Morgan fingerprint density at radius 2 is 1.79 bits per heavy atom. The molecule has 2 bridgehead atoms. The minimum Gasteiger partial charge on any atom is -0.483 e. The highest BCUT2D eigenvalue weighted by molar-refractivity contribution is 5.99. The zero-order chi connectivity index (χ0) is 27.8. The van der Waals surface area contributed by atoms with Crippen molar-refractivity contribution in [2.24, 2.45) is 0 Å². The summed E-state index contributed by atoms with van der Waals surface area (Å²) < 4.78 is 48.7. The molecular weight excluding hydrogens is 515 g/mol. The molecular formula is C28H24F3N3O5. The predicted octanol–water partition coefficient (Wildman–Crippen LogP) is 3.09. The number of aromatic nitrogens is 1. The van der Waals surface area contributed by atoms with Gasteiger partial charge in [-0.3, -0.25) is 14.4 Å². The fourth-order valence-corrected chi connectivity index (χ4v) is 4.75. The molecule has 3 aromatic rings. The molecule has 0 saturated carbocycles. The number of benzene rings is 2. The maximum atomic E-state index is 14.1. The van der Waals surface area contributed by atoms with Gasteiger partial charge >= 0.3 is 0 Å². The van der Waals surface area contributed by atoms with E-state index in [2.05, 4.69) is 5.32 Å². The first-order valence-electron chi connectivity index (χ1n) is 12.2. The number of hydrogen-bond donors (Lipinski definition) is 2. The quantitative estimate of drug-likeness (QED) is 0.469. The van der Waals surface area contributed by atoms with E-state index < -0.39 is 64.5 Å². The van der Waals surface area contributed by atoms with Crippen molar-refractivity contribution in [2.45, 2.75) is 38.3 Å². The summed E-state index contributed by atoms with van der Waals surface area (Å²) in [5, 5.41) is 13.1. The molecule has 2 aliphatic heterocycles. The number of hydrogen-bond acceptors (Lipinski definition) is 5. The van der Waals surface area contributed by atoms with Crippen LogP contribution in [-0.2, 0) is 13.2 Å². The summed E-state index contributed by atoms with van der Waals surface area (Å²) in [5.41, 5.74) is -1.37. The van der Waals surface area contributed by atoms with Crippen LogP contribution in [0.4, 0.5) is 13.2 Å². The SMILES string of the molecule is C[C@H]1C=C[C@H](O)[C@H]2CN1C(=O)c1c(OCc3ccccc3)c(=O)c(C(=O)NCc3c(F)cc(F)cc3F)cn12. The Kier molecular flexibility index (Phi) is 7.00. The first-order valence-corrected chi connectivity index (χ1v) is 12.2. The number of aliphatic hydroxyl groups excluding tert-OH is 1. The van der Waals surface area contributed by atoms with E-state index in [-0.39, 0.29) is 30.6 Å². The molecule has 202 valence electrons. The molecule has 2 aliphatic rings. The average molecular weight is 540 g/mol. The third-order valence-corrected chi connectivity index (χ3v) is 6.87. The lowest BCUT2D eigenvalue weighted by Gasteiger charge is -2.38. The monoisotopic (exact) mass is 539 g/mol. The predicted molar refractivity (Wildman–Crippen MR) is 134 cm³/mol. The third-order valence-electron chi connectivity index (χ3n) is 6.87. The standard InChI is InChI=1S/C28H24F3N3O5/c1-15-7-8-23(35)22-13-33(15)28(38)24-26(39-14-16-5-3-2-4-6-16)25(36)19(12-34(22)24)27(37)32-11-18-20(30)9-17(29)10-21(18)31/h2-10,12,15,22-23,35H,11,13-14H2,1H3,(H,32,37)/t15-,22+,23-/m0/s1. The van der Waals surface area contributed by atoms with Crippen molar-refractivity contribution >= 4 is 11.8 Å². The van der Waals surface area contributed by atoms with Crippen molar-refractivity contribution in [3.8, 4) is 5.75 Å². The molecule has 1 aromatic heterocycles. The highest BCUT2D eigenvalue weighted by Crippen LogP contribution is 2.33. The fraction of sp³-hybridized carbons (Fsp3) is 0.250. The van der Waals surface area contributed by atoms with Crippen molar-refractivity contribution < 1.29 is 32.6 Å². The molecule has 2 amide bonds. The van der Waals surface area contributed by atoms with E-state index in [4.69, 9.17) is 4.74 Å². The molecule has 0 radical (unpaired) electrons. The summed E-state index contributed by atoms with van der Waals surface area (Å²) in [6, 6.07) is 8.71. The van der Waals surface area contributed by atoms with E-state index in [9.17, 15) is 32.7 Å². The van der Waals surface area contributed by atoms with Crippen LogP contribution in [0, 0.1) is 17.5 Å². The Hall–Kier alpha value is -4.38. The van der Waals surface area contributed by atoms with Gasteiger partial charge in [0, 0.05) is 43.0 Å². The number of pyridine rings is 1. The second-order valence-electron chi connectivity index (χ2n) is 9.40. The van der Waals surface area contributed by atoms with Gasteiger partial charge < -0.3 is 24.6 Å². The van der Waals surface area contributed by atoms with Crippen molar-refractivity contribution in [3.63, 3.8) is 0 Å². The Balaban J connectivity index is 1.57. The molecule has 8 nitrogen and oxygen atoms in total. The van der Waals surface area contributed by atoms with Crippen LogP contribution < -0.4 is 15.5 Å². The van der Waals surface area contributed by atoms with Gasteiger partial charge in [0.25, 0.3) is 11.8 Å². The molecule has 0 saturated heterocycles. The Morgan fingerprint density at radius 3 is 2.49 bits per heavy atom. The molecule has 11 heteroatoms. The number of nitrogens with one attached hydrogen (secondary N) is 1. The molecule has 0 spiro atoms.